The fourth-order valence-electron chi connectivity index (χ4n) is 2.49. The van der Waals surface area contributed by atoms with E-state index < -0.39 is 5.97 Å². The summed E-state index contributed by atoms with van der Waals surface area (Å²) >= 11 is 0. The van der Waals surface area contributed by atoms with Crippen molar-refractivity contribution in [1.82, 2.24) is 0 Å². The number of aliphatic hydroxyl groups is 1. The number of carboxylic acids is 1. The molecule has 19 heavy (non-hydrogen) atoms. The number of carbonyl (C=O) groups is 1. The lowest BCUT2D eigenvalue weighted by atomic mass is 10.1. The van der Waals surface area contributed by atoms with Crippen LogP contribution in [0.15, 0.2) is 18.2 Å². The minimum absolute atomic E-state index is 0.00685. The molecular weight excluding hydrogens is 246 g/mol. The Morgan fingerprint density at radius 1 is 1.47 bits per heavy atom. The Bertz CT molecular complexity index is 475. The van der Waals surface area contributed by atoms with Crippen LogP contribution in [0.5, 0.6) is 0 Å². The number of rotatable bonds is 3. The predicted octanol–water partition coefficient (Wildman–Crippen LogP) is 1.28. The summed E-state index contributed by atoms with van der Waals surface area (Å²) in [6.45, 7) is 5.22. The Morgan fingerprint density at radius 3 is 2.79 bits per heavy atom. The maximum absolute atomic E-state index is 10.9. The maximum atomic E-state index is 10.9. The van der Waals surface area contributed by atoms with E-state index >= 15 is 0 Å². The molecule has 0 spiro atoms. The average Bonchev–Trinajstić information content (AvgIpc) is 2.37. The number of nitrogens with zero attached hydrogens (tertiary/aromatic N) is 1. The molecule has 1 saturated heterocycles. The van der Waals surface area contributed by atoms with Crippen LogP contribution in [0.3, 0.4) is 0 Å². The second kappa shape index (κ2) is 5.59. The fraction of sp³-hybridized carbons (Fsp3) is 0.500. The Kier molecular flexibility index (Phi) is 4.07. The summed E-state index contributed by atoms with van der Waals surface area (Å²) < 4.78 is 5.60. The summed E-state index contributed by atoms with van der Waals surface area (Å²) in [5.74, 6) is -0.918. The smallest absolute Gasteiger partial charge is 0.335 e. The Labute approximate surface area is 112 Å². The highest BCUT2D eigenvalue weighted by atomic mass is 16.5. The van der Waals surface area contributed by atoms with Crippen LogP contribution in [-0.2, 0) is 4.74 Å². The van der Waals surface area contributed by atoms with Crippen molar-refractivity contribution in [2.45, 2.75) is 26.1 Å². The fourth-order valence-corrected chi connectivity index (χ4v) is 2.49. The maximum Gasteiger partial charge on any atom is 0.335 e. The number of hydrogen-bond acceptors (Lipinski definition) is 4. The molecule has 2 N–H and O–H groups in total. The number of carboxylic acid groups (broad SMARTS) is 1. The molecule has 1 aromatic rings. The van der Waals surface area contributed by atoms with E-state index in [1.165, 1.54) is 0 Å². The number of aryl methyl sites for hydroxylation is 1. The van der Waals surface area contributed by atoms with Gasteiger partial charge >= 0.3 is 5.97 Å². The molecule has 5 heteroatoms. The van der Waals surface area contributed by atoms with E-state index in [2.05, 4.69) is 4.90 Å². The van der Waals surface area contributed by atoms with Crippen molar-refractivity contribution in [1.29, 1.82) is 0 Å². The van der Waals surface area contributed by atoms with Crippen molar-refractivity contribution < 1.29 is 19.7 Å². The molecule has 0 radical (unpaired) electrons. The van der Waals surface area contributed by atoms with Crippen LogP contribution in [0.4, 0.5) is 5.69 Å². The summed E-state index contributed by atoms with van der Waals surface area (Å²) in [5.41, 5.74) is 2.21. The first-order valence-electron chi connectivity index (χ1n) is 6.36. The van der Waals surface area contributed by atoms with E-state index in [4.69, 9.17) is 9.84 Å². The molecule has 1 aliphatic rings. The van der Waals surface area contributed by atoms with E-state index in [1.807, 2.05) is 19.9 Å². The molecule has 1 aromatic carbocycles. The zero-order valence-corrected chi connectivity index (χ0v) is 11.2. The van der Waals surface area contributed by atoms with Crippen LogP contribution in [0.25, 0.3) is 0 Å². The quantitative estimate of drug-likeness (QED) is 0.861. The standard InChI is InChI=1S/C14H19NO4/c1-9-5-11(14(17)18)3-4-13(9)15-6-10(2)19-12(7-15)8-16/h3-5,10,12,16H,6-8H2,1-2H3,(H,17,18). The Hall–Kier alpha value is -1.59. The van der Waals surface area contributed by atoms with E-state index in [9.17, 15) is 9.90 Å². The number of benzene rings is 1. The van der Waals surface area contributed by atoms with Gasteiger partial charge in [0.1, 0.15) is 0 Å². The van der Waals surface area contributed by atoms with Crippen LogP contribution < -0.4 is 4.90 Å². The molecule has 0 saturated carbocycles. The van der Waals surface area contributed by atoms with Gasteiger partial charge in [0.25, 0.3) is 0 Å². The molecule has 0 amide bonds. The van der Waals surface area contributed by atoms with Crippen molar-refractivity contribution in [3.8, 4) is 0 Å². The lowest BCUT2D eigenvalue weighted by Crippen LogP contribution is -2.48. The normalized spacial score (nSPS) is 23.4. The van der Waals surface area contributed by atoms with Crippen LogP contribution >= 0.6 is 0 Å². The molecule has 1 fully saturated rings. The Balaban J connectivity index is 2.23. The van der Waals surface area contributed by atoms with Crippen LogP contribution in [0, 0.1) is 6.92 Å². The van der Waals surface area contributed by atoms with Gasteiger partial charge in [0.15, 0.2) is 0 Å². The van der Waals surface area contributed by atoms with Gasteiger partial charge < -0.3 is 19.8 Å². The SMILES string of the molecule is Cc1cc(C(=O)O)ccc1N1CC(C)OC(CO)C1. The number of morpholine rings is 1. The van der Waals surface area contributed by atoms with Crippen molar-refractivity contribution in [2.24, 2.45) is 0 Å². The van der Waals surface area contributed by atoms with E-state index in [1.54, 1.807) is 12.1 Å². The summed E-state index contributed by atoms with van der Waals surface area (Å²) in [6.07, 6.45) is -0.147. The van der Waals surface area contributed by atoms with Crippen molar-refractivity contribution in [3.63, 3.8) is 0 Å². The minimum Gasteiger partial charge on any atom is -0.478 e. The molecule has 2 atom stereocenters. The molecule has 2 rings (SSSR count). The zero-order valence-electron chi connectivity index (χ0n) is 11.2. The third kappa shape index (κ3) is 3.05. The molecule has 0 aliphatic carbocycles. The summed E-state index contributed by atoms with van der Waals surface area (Å²) in [6, 6.07) is 5.11. The first-order chi connectivity index (χ1) is 9.01. The molecule has 2 unspecified atom stereocenters. The number of ether oxygens (including phenoxy) is 1. The first kappa shape index (κ1) is 13.8. The highest BCUT2D eigenvalue weighted by Crippen LogP contribution is 2.25. The van der Waals surface area contributed by atoms with Crippen molar-refractivity contribution in [3.05, 3.63) is 29.3 Å². The second-order valence-corrected chi connectivity index (χ2v) is 4.96. The van der Waals surface area contributed by atoms with Crippen LogP contribution in [-0.4, -0.2) is 48.1 Å². The Morgan fingerprint density at radius 2 is 2.21 bits per heavy atom. The summed E-state index contributed by atoms with van der Waals surface area (Å²) in [4.78, 5) is 13.1. The number of aliphatic hydroxyl groups excluding tert-OH is 1. The highest BCUT2D eigenvalue weighted by molar-refractivity contribution is 5.88. The lowest BCUT2D eigenvalue weighted by Gasteiger charge is -2.38. The zero-order chi connectivity index (χ0) is 14.0. The number of aromatic carboxylic acids is 1. The number of hydrogen-bond donors (Lipinski definition) is 2. The minimum atomic E-state index is -0.918. The third-order valence-corrected chi connectivity index (χ3v) is 3.31. The van der Waals surface area contributed by atoms with Gasteiger partial charge in [-0.2, -0.15) is 0 Å². The van der Waals surface area contributed by atoms with E-state index in [0.717, 1.165) is 17.8 Å². The molecule has 104 valence electrons. The van der Waals surface area contributed by atoms with Crippen LogP contribution in [0.1, 0.15) is 22.8 Å². The third-order valence-electron chi connectivity index (χ3n) is 3.31. The topological polar surface area (TPSA) is 70.0 Å². The van der Waals surface area contributed by atoms with E-state index in [-0.39, 0.29) is 18.8 Å². The van der Waals surface area contributed by atoms with Gasteiger partial charge in [0.05, 0.1) is 24.4 Å². The summed E-state index contributed by atoms with van der Waals surface area (Å²) in [5, 5.41) is 18.2. The van der Waals surface area contributed by atoms with Gasteiger partial charge in [-0.15, -0.1) is 0 Å². The second-order valence-electron chi connectivity index (χ2n) is 4.96. The average molecular weight is 265 g/mol. The lowest BCUT2D eigenvalue weighted by molar-refractivity contribution is -0.0421. The van der Waals surface area contributed by atoms with Gasteiger partial charge in [-0.3, -0.25) is 0 Å². The molecular formula is C14H19NO4. The van der Waals surface area contributed by atoms with E-state index in [0.29, 0.717) is 12.1 Å². The largest absolute Gasteiger partial charge is 0.478 e. The van der Waals surface area contributed by atoms with Gasteiger partial charge in [0.2, 0.25) is 0 Å². The molecule has 0 bridgehead atoms. The highest BCUT2D eigenvalue weighted by Gasteiger charge is 2.25. The van der Waals surface area contributed by atoms with Crippen molar-refractivity contribution >= 4 is 11.7 Å². The van der Waals surface area contributed by atoms with Crippen molar-refractivity contribution in [2.75, 3.05) is 24.6 Å². The van der Waals surface area contributed by atoms with Gasteiger partial charge in [0, 0.05) is 18.8 Å². The molecule has 5 nitrogen and oxygen atoms in total. The van der Waals surface area contributed by atoms with Crippen LogP contribution in [0.2, 0.25) is 0 Å². The van der Waals surface area contributed by atoms with Gasteiger partial charge in [-0.05, 0) is 37.6 Å². The predicted molar refractivity (Wildman–Crippen MR) is 71.8 cm³/mol. The molecule has 1 aliphatic heterocycles. The van der Waals surface area contributed by atoms with Gasteiger partial charge in [-0.1, -0.05) is 0 Å². The monoisotopic (exact) mass is 265 g/mol. The number of anilines is 1. The molecule has 1 heterocycles. The summed E-state index contributed by atoms with van der Waals surface area (Å²) in [7, 11) is 0. The molecule has 0 aromatic heterocycles. The van der Waals surface area contributed by atoms with Gasteiger partial charge in [-0.25, -0.2) is 4.79 Å². The first-order valence-corrected chi connectivity index (χ1v) is 6.36.